The van der Waals surface area contributed by atoms with E-state index in [1.54, 1.807) is 25.1 Å². The second kappa shape index (κ2) is 11.0. The van der Waals surface area contributed by atoms with Crippen LogP contribution in [0, 0.1) is 14.9 Å². The van der Waals surface area contributed by atoms with Gasteiger partial charge in [0, 0.05) is 5.69 Å². The Bertz CT molecular complexity index is 1020. The van der Waals surface area contributed by atoms with E-state index in [0.717, 1.165) is 0 Å². The van der Waals surface area contributed by atoms with Crippen molar-refractivity contribution in [3.05, 3.63) is 62.7 Å². The number of anilines is 1. The quantitative estimate of drug-likeness (QED) is 0.236. The second-order valence-electron chi connectivity index (χ2n) is 5.79. The summed E-state index contributed by atoms with van der Waals surface area (Å²) in [6.07, 6.45) is 1.41. The fourth-order valence-electron chi connectivity index (χ4n) is 2.28. The minimum atomic E-state index is -1.09. The van der Waals surface area contributed by atoms with E-state index in [4.69, 9.17) is 14.6 Å². The molecule has 154 valence electrons. The molecule has 0 heterocycles. The van der Waals surface area contributed by atoms with Gasteiger partial charge in [0.25, 0.3) is 5.91 Å². The zero-order valence-corrected chi connectivity index (χ0v) is 18.0. The molecule has 0 aliphatic heterocycles. The van der Waals surface area contributed by atoms with Gasteiger partial charge in [-0.05, 0) is 77.6 Å². The van der Waals surface area contributed by atoms with Crippen LogP contribution in [0.3, 0.4) is 0 Å². The normalized spacial score (nSPS) is 10.6. The molecule has 2 aromatic rings. The molecule has 0 spiro atoms. The molecule has 0 unspecified atom stereocenters. The molecule has 0 saturated carbocycles. The van der Waals surface area contributed by atoms with E-state index < -0.39 is 24.5 Å². The van der Waals surface area contributed by atoms with Crippen molar-refractivity contribution in [3.63, 3.8) is 0 Å². The molecule has 2 N–H and O–H groups in total. The van der Waals surface area contributed by atoms with E-state index in [1.807, 2.05) is 28.7 Å². The smallest absolute Gasteiger partial charge is 0.341 e. The molecule has 30 heavy (non-hydrogen) atoms. The summed E-state index contributed by atoms with van der Waals surface area (Å²) in [5.41, 5.74) is 1.22. The molecule has 2 aromatic carbocycles. The number of ether oxygens (including phenoxy) is 2. The van der Waals surface area contributed by atoms with E-state index in [-0.39, 0.29) is 12.2 Å². The van der Waals surface area contributed by atoms with Crippen molar-refractivity contribution < 1.29 is 29.0 Å². The van der Waals surface area contributed by atoms with Crippen LogP contribution in [0.4, 0.5) is 5.69 Å². The summed E-state index contributed by atoms with van der Waals surface area (Å²) in [6.45, 7) is 1.51. The Labute approximate surface area is 186 Å². The van der Waals surface area contributed by atoms with Crippen molar-refractivity contribution in [1.82, 2.24) is 0 Å². The fourth-order valence-corrected chi connectivity index (χ4v) is 2.98. The van der Waals surface area contributed by atoms with Gasteiger partial charge in [0.1, 0.15) is 17.4 Å². The molecule has 8 nitrogen and oxygen atoms in total. The third kappa shape index (κ3) is 6.59. The Balaban J connectivity index is 2.11. The third-order valence-electron chi connectivity index (χ3n) is 3.64. The van der Waals surface area contributed by atoms with Crippen molar-refractivity contribution in [3.8, 4) is 11.8 Å². The fraction of sp³-hybridized carbons (Fsp3) is 0.143. The minimum absolute atomic E-state index is 0.125. The van der Waals surface area contributed by atoms with E-state index in [2.05, 4.69) is 5.32 Å². The Kier molecular flexibility index (Phi) is 8.37. The van der Waals surface area contributed by atoms with Gasteiger partial charge in [0.15, 0.2) is 6.61 Å². The number of aliphatic carboxylic acids is 1. The first kappa shape index (κ1) is 22.9. The third-order valence-corrected chi connectivity index (χ3v) is 4.48. The van der Waals surface area contributed by atoms with Crippen molar-refractivity contribution in [2.24, 2.45) is 0 Å². The molecular weight excluding hydrogens is 503 g/mol. The number of hydrogen-bond acceptors (Lipinski definition) is 6. The number of halogens is 1. The van der Waals surface area contributed by atoms with Gasteiger partial charge in [-0.1, -0.05) is 6.07 Å². The van der Waals surface area contributed by atoms with Gasteiger partial charge in [-0.15, -0.1) is 0 Å². The van der Waals surface area contributed by atoms with Crippen LogP contribution in [0.15, 0.2) is 48.0 Å². The number of hydrogen-bond donors (Lipinski definition) is 2. The summed E-state index contributed by atoms with van der Waals surface area (Å²) in [7, 11) is 0. The van der Waals surface area contributed by atoms with Crippen LogP contribution in [-0.4, -0.2) is 36.2 Å². The second-order valence-corrected chi connectivity index (χ2v) is 6.96. The molecule has 9 heteroatoms. The lowest BCUT2D eigenvalue weighted by molar-refractivity contribution is -0.139. The predicted molar refractivity (Wildman–Crippen MR) is 117 cm³/mol. The van der Waals surface area contributed by atoms with Crippen molar-refractivity contribution in [1.29, 1.82) is 5.26 Å². The van der Waals surface area contributed by atoms with Crippen LogP contribution in [0.5, 0.6) is 5.75 Å². The van der Waals surface area contributed by atoms with Crippen molar-refractivity contribution in [2.45, 2.75) is 6.92 Å². The first-order chi connectivity index (χ1) is 14.3. The molecule has 0 atom stereocenters. The van der Waals surface area contributed by atoms with E-state index >= 15 is 0 Å². The highest BCUT2D eigenvalue weighted by Crippen LogP contribution is 2.23. The largest absolute Gasteiger partial charge is 0.481 e. The topological polar surface area (TPSA) is 126 Å². The molecule has 0 radical (unpaired) electrons. The molecule has 0 fully saturated rings. The number of nitriles is 1. The van der Waals surface area contributed by atoms with Gasteiger partial charge >= 0.3 is 11.9 Å². The number of nitrogens with one attached hydrogen (secondary N) is 1. The van der Waals surface area contributed by atoms with Crippen LogP contribution in [0.1, 0.15) is 22.8 Å². The molecule has 0 aromatic heterocycles. The van der Waals surface area contributed by atoms with Crippen LogP contribution in [0.25, 0.3) is 6.08 Å². The summed E-state index contributed by atoms with van der Waals surface area (Å²) in [6, 6.07) is 12.8. The van der Waals surface area contributed by atoms with Gasteiger partial charge in [-0.3, -0.25) is 4.79 Å². The Morgan fingerprint density at radius 3 is 2.47 bits per heavy atom. The van der Waals surface area contributed by atoms with E-state index in [0.29, 0.717) is 26.1 Å². The highest BCUT2D eigenvalue weighted by Gasteiger charge is 2.12. The minimum Gasteiger partial charge on any atom is -0.481 e. The number of carbonyl (C=O) groups excluding carboxylic acids is 2. The SMILES string of the molecule is CCOC(=O)c1ccc(NC(=O)/C(C#N)=C/c2ccc(OCC(=O)O)c(I)c2)cc1. The first-order valence-electron chi connectivity index (χ1n) is 8.68. The zero-order chi connectivity index (χ0) is 22.1. The van der Waals surface area contributed by atoms with E-state index in [9.17, 15) is 19.6 Å². The lowest BCUT2D eigenvalue weighted by Crippen LogP contribution is -2.13. The summed E-state index contributed by atoms with van der Waals surface area (Å²) in [5, 5.41) is 20.6. The van der Waals surface area contributed by atoms with Crippen LogP contribution in [0.2, 0.25) is 0 Å². The Hall–Kier alpha value is -3.39. The summed E-state index contributed by atoms with van der Waals surface area (Å²) < 4.78 is 10.7. The molecular formula is C21H17IN2O6. The zero-order valence-electron chi connectivity index (χ0n) is 15.8. The van der Waals surface area contributed by atoms with E-state index in [1.165, 1.54) is 30.3 Å². The lowest BCUT2D eigenvalue weighted by Gasteiger charge is -2.08. The maximum atomic E-state index is 12.4. The Morgan fingerprint density at radius 2 is 1.90 bits per heavy atom. The van der Waals surface area contributed by atoms with Gasteiger partial charge < -0.3 is 19.9 Å². The van der Waals surface area contributed by atoms with Crippen molar-refractivity contribution in [2.75, 3.05) is 18.5 Å². The maximum Gasteiger partial charge on any atom is 0.341 e. The van der Waals surface area contributed by atoms with Crippen LogP contribution in [-0.2, 0) is 14.3 Å². The monoisotopic (exact) mass is 520 g/mol. The number of rotatable bonds is 8. The summed E-state index contributed by atoms with van der Waals surface area (Å²) in [4.78, 5) is 34.7. The van der Waals surface area contributed by atoms with Crippen molar-refractivity contribution >= 4 is 52.2 Å². The average Bonchev–Trinajstić information content (AvgIpc) is 2.71. The van der Waals surface area contributed by atoms with Gasteiger partial charge in [0.05, 0.1) is 15.7 Å². The number of carbonyl (C=O) groups is 3. The molecule has 2 rings (SSSR count). The molecule has 1 amide bonds. The van der Waals surface area contributed by atoms with Gasteiger partial charge in [-0.2, -0.15) is 5.26 Å². The molecule has 0 bridgehead atoms. The van der Waals surface area contributed by atoms with Gasteiger partial charge in [-0.25, -0.2) is 9.59 Å². The Morgan fingerprint density at radius 1 is 1.20 bits per heavy atom. The average molecular weight is 520 g/mol. The number of esters is 1. The number of benzene rings is 2. The van der Waals surface area contributed by atoms with Crippen LogP contribution >= 0.6 is 22.6 Å². The molecule has 0 saturated heterocycles. The number of amides is 1. The highest BCUT2D eigenvalue weighted by atomic mass is 127. The highest BCUT2D eigenvalue weighted by molar-refractivity contribution is 14.1. The lowest BCUT2D eigenvalue weighted by atomic mass is 10.1. The summed E-state index contributed by atoms with van der Waals surface area (Å²) in [5.74, 6) is -1.77. The number of carboxylic acids is 1. The molecule has 0 aliphatic carbocycles. The maximum absolute atomic E-state index is 12.4. The predicted octanol–water partition coefficient (Wildman–Crippen LogP) is 3.48. The molecule has 0 aliphatic rings. The van der Waals surface area contributed by atoms with Crippen LogP contribution < -0.4 is 10.1 Å². The first-order valence-corrected chi connectivity index (χ1v) is 9.76. The number of nitrogens with zero attached hydrogens (tertiary/aromatic N) is 1. The summed E-state index contributed by atoms with van der Waals surface area (Å²) >= 11 is 1.97. The van der Waals surface area contributed by atoms with Gasteiger partial charge in [0.2, 0.25) is 0 Å². The standard InChI is InChI=1S/C21H17IN2O6/c1-2-29-21(28)14-4-6-16(7-5-14)24-20(27)15(11-23)9-13-3-8-18(17(22)10-13)30-12-19(25)26/h3-10H,2,12H2,1H3,(H,24,27)(H,25,26)/b15-9+. The number of carboxylic acid groups (broad SMARTS) is 1.